The second-order valence-electron chi connectivity index (χ2n) is 5.32. The molecule has 5 nitrogen and oxygen atoms in total. The molecule has 0 unspecified atom stereocenters. The fraction of sp³-hybridized carbons (Fsp3) is 0.857. The zero-order chi connectivity index (χ0) is 13.5. The van der Waals surface area contributed by atoms with E-state index in [-0.39, 0.29) is 11.8 Å². The number of hydrogen-bond donors (Lipinski definition) is 1. The van der Waals surface area contributed by atoms with Crippen LogP contribution in [-0.4, -0.2) is 37.2 Å². The Kier molecular flexibility index (Phi) is 5.63. The van der Waals surface area contributed by atoms with Crippen molar-refractivity contribution in [1.82, 2.24) is 5.32 Å². The number of nitrogens with one attached hydrogen (secondary N) is 1. The molecule has 2 fully saturated rings. The zero-order valence-corrected chi connectivity index (χ0v) is 11.4. The third kappa shape index (κ3) is 4.82. The predicted octanol–water partition coefficient (Wildman–Crippen LogP) is 2.18. The van der Waals surface area contributed by atoms with Gasteiger partial charge in [0.1, 0.15) is 0 Å². The van der Waals surface area contributed by atoms with Crippen LogP contribution >= 0.6 is 0 Å². The van der Waals surface area contributed by atoms with Gasteiger partial charge in [-0.1, -0.05) is 19.3 Å². The van der Waals surface area contributed by atoms with Gasteiger partial charge >= 0.3 is 6.09 Å². The molecule has 2 aliphatic carbocycles. The Bertz CT molecular complexity index is 313. The van der Waals surface area contributed by atoms with Crippen molar-refractivity contribution in [3.05, 3.63) is 0 Å². The average Bonchev–Trinajstić information content (AvgIpc) is 2.44. The molecule has 0 aliphatic heterocycles. The van der Waals surface area contributed by atoms with Crippen LogP contribution in [0.4, 0.5) is 4.79 Å². The zero-order valence-electron chi connectivity index (χ0n) is 11.4. The Morgan fingerprint density at radius 1 is 1.16 bits per heavy atom. The van der Waals surface area contributed by atoms with Gasteiger partial charge in [-0.25, -0.2) is 4.79 Å². The van der Waals surface area contributed by atoms with Crippen molar-refractivity contribution < 1.29 is 19.1 Å². The minimum atomic E-state index is -0.490. The fourth-order valence-corrected chi connectivity index (χ4v) is 2.45. The van der Waals surface area contributed by atoms with Crippen molar-refractivity contribution in [3.8, 4) is 0 Å². The van der Waals surface area contributed by atoms with E-state index in [0.717, 1.165) is 19.3 Å². The Hall–Kier alpha value is -1.10. The fourth-order valence-electron chi connectivity index (χ4n) is 2.45. The summed E-state index contributed by atoms with van der Waals surface area (Å²) >= 11 is 0. The van der Waals surface area contributed by atoms with E-state index in [9.17, 15) is 9.59 Å². The molecule has 0 aromatic carbocycles. The largest absolute Gasteiger partial charge is 0.449 e. The van der Waals surface area contributed by atoms with Crippen LogP contribution in [0.2, 0.25) is 0 Å². The number of carbonyl (C=O) groups excluding carboxylic acids is 2. The number of rotatable bonds is 6. The molecule has 2 aliphatic rings. The third-order valence-corrected chi connectivity index (χ3v) is 3.79. The number of amides is 1. The first-order valence-electron chi connectivity index (χ1n) is 7.33. The summed E-state index contributed by atoms with van der Waals surface area (Å²) in [5.41, 5.74) is 0. The number of ether oxygens (including phenoxy) is 2. The molecule has 19 heavy (non-hydrogen) atoms. The van der Waals surface area contributed by atoms with Crippen LogP contribution in [0.3, 0.4) is 0 Å². The van der Waals surface area contributed by atoms with Crippen LogP contribution < -0.4 is 5.32 Å². The number of alkyl carbamates (subject to hydrolysis) is 1. The van der Waals surface area contributed by atoms with Gasteiger partial charge in [0.25, 0.3) is 0 Å². The maximum atomic E-state index is 11.3. The summed E-state index contributed by atoms with van der Waals surface area (Å²) in [5.74, 6) is 0.0950. The van der Waals surface area contributed by atoms with Crippen molar-refractivity contribution in [3.63, 3.8) is 0 Å². The van der Waals surface area contributed by atoms with E-state index in [1.54, 1.807) is 0 Å². The van der Waals surface area contributed by atoms with E-state index in [2.05, 4.69) is 5.32 Å². The van der Waals surface area contributed by atoms with E-state index in [1.807, 2.05) is 0 Å². The highest BCUT2D eigenvalue weighted by Gasteiger charge is 2.29. The molecule has 2 saturated carbocycles. The molecule has 1 N–H and O–H groups in total. The molecule has 0 aromatic rings. The quantitative estimate of drug-likeness (QED) is 0.751. The lowest BCUT2D eigenvalue weighted by Gasteiger charge is -2.24. The van der Waals surface area contributed by atoms with Crippen molar-refractivity contribution >= 4 is 11.9 Å². The predicted molar refractivity (Wildman–Crippen MR) is 70.0 cm³/mol. The lowest BCUT2D eigenvalue weighted by molar-refractivity contribution is -0.126. The van der Waals surface area contributed by atoms with Crippen LogP contribution in [0.1, 0.15) is 51.4 Å². The first-order valence-corrected chi connectivity index (χ1v) is 7.33. The number of hydrogen-bond acceptors (Lipinski definition) is 4. The van der Waals surface area contributed by atoms with Gasteiger partial charge in [-0.15, -0.1) is 0 Å². The smallest absolute Gasteiger partial charge is 0.407 e. The number of carbonyl (C=O) groups is 2. The maximum absolute atomic E-state index is 11.3. The van der Waals surface area contributed by atoms with Crippen molar-refractivity contribution in [1.29, 1.82) is 0 Å². The summed E-state index contributed by atoms with van der Waals surface area (Å²) in [6.45, 7) is 0.986. The summed E-state index contributed by atoms with van der Waals surface area (Å²) in [6.07, 6.45) is 8.09. The Labute approximate surface area is 114 Å². The lowest BCUT2D eigenvalue weighted by atomic mass is 9.91. The van der Waals surface area contributed by atoms with Crippen molar-refractivity contribution in [2.45, 2.75) is 63.5 Å². The normalized spacial score (nSPS) is 23.8. The van der Waals surface area contributed by atoms with Gasteiger partial charge in [-0.3, -0.25) is 4.79 Å². The number of Topliss-reactive ketones (excluding diaryl/α,β-unsaturated/α-hetero) is 1. The molecule has 0 heterocycles. The summed E-state index contributed by atoms with van der Waals surface area (Å²) in [6, 6.07) is -0.314. The molecule has 0 bridgehead atoms. The van der Waals surface area contributed by atoms with Gasteiger partial charge in [-0.2, -0.15) is 0 Å². The first kappa shape index (κ1) is 14.3. The molecule has 0 spiro atoms. The van der Waals surface area contributed by atoms with Gasteiger partial charge in [0.05, 0.1) is 25.4 Å². The molecular formula is C14H23NO4. The van der Waals surface area contributed by atoms with E-state index in [4.69, 9.17) is 9.47 Å². The molecule has 0 saturated heterocycles. The van der Waals surface area contributed by atoms with Crippen LogP contribution in [0.15, 0.2) is 0 Å². The van der Waals surface area contributed by atoms with Crippen molar-refractivity contribution in [2.75, 3.05) is 13.2 Å². The Balaban J connectivity index is 1.44. The average molecular weight is 269 g/mol. The van der Waals surface area contributed by atoms with Crippen molar-refractivity contribution in [2.24, 2.45) is 0 Å². The summed E-state index contributed by atoms with van der Waals surface area (Å²) in [5, 5.41) is 2.55. The van der Waals surface area contributed by atoms with E-state index >= 15 is 0 Å². The molecule has 5 heteroatoms. The summed E-state index contributed by atoms with van der Waals surface area (Å²) < 4.78 is 10.7. The molecular weight excluding hydrogens is 246 g/mol. The molecule has 0 radical (unpaired) electrons. The maximum Gasteiger partial charge on any atom is 0.407 e. The van der Waals surface area contributed by atoms with Crippen LogP contribution in [0.5, 0.6) is 0 Å². The third-order valence-electron chi connectivity index (χ3n) is 3.79. The van der Waals surface area contributed by atoms with Gasteiger partial charge in [-0.05, 0) is 19.3 Å². The standard InChI is InChI=1S/C14H23NO4/c16-13-8-7-12(13)15-14(17)19-10-4-9-18-11-5-2-1-3-6-11/h11-12H,1-10H2,(H,15,17)/t12-/m0/s1. The highest BCUT2D eigenvalue weighted by molar-refractivity contribution is 5.92. The highest BCUT2D eigenvalue weighted by Crippen LogP contribution is 2.20. The molecule has 2 rings (SSSR count). The topological polar surface area (TPSA) is 64.6 Å². The number of ketones is 1. The lowest BCUT2D eigenvalue weighted by Crippen LogP contribution is -2.47. The minimum absolute atomic E-state index is 0.0950. The van der Waals surface area contributed by atoms with Crippen LogP contribution in [0, 0.1) is 0 Å². The minimum Gasteiger partial charge on any atom is -0.449 e. The van der Waals surface area contributed by atoms with Crippen LogP contribution in [0.25, 0.3) is 0 Å². The van der Waals surface area contributed by atoms with Gasteiger partial charge in [0, 0.05) is 12.8 Å². The van der Waals surface area contributed by atoms with Gasteiger partial charge in [0.2, 0.25) is 0 Å². The summed E-state index contributed by atoms with van der Waals surface area (Å²) in [4.78, 5) is 22.4. The van der Waals surface area contributed by atoms with E-state index < -0.39 is 6.09 Å². The highest BCUT2D eigenvalue weighted by atomic mass is 16.5. The summed E-state index contributed by atoms with van der Waals surface area (Å²) in [7, 11) is 0. The second kappa shape index (κ2) is 7.48. The molecule has 1 atom stereocenters. The van der Waals surface area contributed by atoms with E-state index in [0.29, 0.717) is 32.2 Å². The Morgan fingerprint density at radius 2 is 1.95 bits per heavy atom. The van der Waals surface area contributed by atoms with Gasteiger partial charge in [0.15, 0.2) is 5.78 Å². The van der Waals surface area contributed by atoms with Crippen LogP contribution in [-0.2, 0) is 14.3 Å². The molecule has 108 valence electrons. The molecule has 1 amide bonds. The van der Waals surface area contributed by atoms with E-state index in [1.165, 1.54) is 19.3 Å². The monoisotopic (exact) mass is 269 g/mol. The SMILES string of the molecule is O=C(N[C@H]1CCC1=O)OCCCOC1CCCCC1. The first-order chi connectivity index (χ1) is 9.25. The second-order valence-corrected chi connectivity index (χ2v) is 5.32. The Morgan fingerprint density at radius 3 is 2.58 bits per heavy atom. The van der Waals surface area contributed by atoms with Gasteiger partial charge < -0.3 is 14.8 Å². The molecule has 0 aromatic heterocycles.